The SMILES string of the molecule is CCOC(=O)c1c[nH]c(C(=O)OCC)c1C#Cc1ccc([N+](=O)[O-])cc1. The molecule has 0 spiro atoms. The fraction of sp³-hybridized carbons (Fsp3) is 0.222. The third-order valence-corrected chi connectivity index (χ3v) is 3.27. The Balaban J connectivity index is 2.42. The van der Waals surface area contributed by atoms with Crippen molar-refractivity contribution < 1.29 is 24.0 Å². The van der Waals surface area contributed by atoms with Gasteiger partial charge in [-0.2, -0.15) is 0 Å². The van der Waals surface area contributed by atoms with Gasteiger partial charge in [-0.15, -0.1) is 0 Å². The molecule has 134 valence electrons. The zero-order valence-electron chi connectivity index (χ0n) is 14.2. The second-order valence-electron chi connectivity index (χ2n) is 4.95. The van der Waals surface area contributed by atoms with Crippen LogP contribution in [0.25, 0.3) is 0 Å². The number of rotatable bonds is 5. The van der Waals surface area contributed by atoms with Crippen LogP contribution < -0.4 is 0 Å². The molecule has 8 heteroatoms. The van der Waals surface area contributed by atoms with Gasteiger partial charge in [0.05, 0.1) is 29.3 Å². The lowest BCUT2D eigenvalue weighted by atomic mass is 10.1. The van der Waals surface area contributed by atoms with E-state index in [1.807, 2.05) is 0 Å². The minimum absolute atomic E-state index is 0.0457. The van der Waals surface area contributed by atoms with Gasteiger partial charge >= 0.3 is 11.9 Å². The molecule has 0 saturated carbocycles. The molecule has 0 fully saturated rings. The van der Waals surface area contributed by atoms with Crippen molar-refractivity contribution in [2.24, 2.45) is 0 Å². The van der Waals surface area contributed by atoms with Gasteiger partial charge in [0.1, 0.15) is 5.69 Å². The number of H-pyrrole nitrogens is 1. The highest BCUT2D eigenvalue weighted by Gasteiger charge is 2.22. The zero-order valence-corrected chi connectivity index (χ0v) is 14.2. The average Bonchev–Trinajstić information content (AvgIpc) is 3.04. The molecule has 0 unspecified atom stereocenters. The summed E-state index contributed by atoms with van der Waals surface area (Å²) >= 11 is 0. The van der Waals surface area contributed by atoms with Crippen LogP contribution in [0, 0.1) is 22.0 Å². The van der Waals surface area contributed by atoms with E-state index in [4.69, 9.17) is 9.47 Å². The number of nitro benzene ring substituents is 1. The van der Waals surface area contributed by atoms with Gasteiger partial charge in [0.25, 0.3) is 5.69 Å². The van der Waals surface area contributed by atoms with Gasteiger partial charge in [-0.25, -0.2) is 9.59 Å². The number of hydrogen-bond donors (Lipinski definition) is 1. The molecule has 0 atom stereocenters. The van der Waals surface area contributed by atoms with Gasteiger partial charge < -0.3 is 14.5 Å². The van der Waals surface area contributed by atoms with Crippen molar-refractivity contribution in [3.63, 3.8) is 0 Å². The van der Waals surface area contributed by atoms with Crippen molar-refractivity contribution in [3.8, 4) is 11.8 Å². The molecular formula is C18H16N2O6. The van der Waals surface area contributed by atoms with E-state index in [9.17, 15) is 19.7 Å². The van der Waals surface area contributed by atoms with Gasteiger partial charge in [0.15, 0.2) is 0 Å². The van der Waals surface area contributed by atoms with E-state index < -0.39 is 16.9 Å². The van der Waals surface area contributed by atoms with Gasteiger partial charge in [-0.3, -0.25) is 10.1 Å². The van der Waals surface area contributed by atoms with Crippen molar-refractivity contribution in [1.82, 2.24) is 4.98 Å². The quantitative estimate of drug-likeness (QED) is 0.381. The van der Waals surface area contributed by atoms with Crippen molar-refractivity contribution in [2.75, 3.05) is 13.2 Å². The molecule has 0 bridgehead atoms. The molecule has 1 N–H and O–H groups in total. The molecule has 1 aromatic carbocycles. The summed E-state index contributed by atoms with van der Waals surface area (Å²) in [5.74, 6) is 4.27. The molecule has 26 heavy (non-hydrogen) atoms. The lowest BCUT2D eigenvalue weighted by Gasteiger charge is -2.02. The third kappa shape index (κ3) is 4.27. The first kappa shape index (κ1) is 18.7. The Morgan fingerprint density at radius 2 is 1.69 bits per heavy atom. The van der Waals surface area contributed by atoms with E-state index in [1.165, 1.54) is 30.5 Å². The largest absolute Gasteiger partial charge is 0.462 e. The summed E-state index contributed by atoms with van der Waals surface area (Å²) in [7, 11) is 0. The van der Waals surface area contributed by atoms with Gasteiger partial charge in [0, 0.05) is 23.9 Å². The summed E-state index contributed by atoms with van der Waals surface area (Å²) in [5.41, 5.74) is 0.743. The highest BCUT2D eigenvalue weighted by atomic mass is 16.6. The van der Waals surface area contributed by atoms with Crippen molar-refractivity contribution in [1.29, 1.82) is 0 Å². The molecule has 1 heterocycles. The van der Waals surface area contributed by atoms with Crippen LogP contribution >= 0.6 is 0 Å². The van der Waals surface area contributed by atoms with Crippen LogP contribution in [-0.2, 0) is 9.47 Å². The molecule has 0 aliphatic carbocycles. The fourth-order valence-electron chi connectivity index (χ4n) is 2.09. The number of aromatic amines is 1. The Morgan fingerprint density at radius 1 is 1.08 bits per heavy atom. The van der Waals surface area contributed by atoms with Crippen LogP contribution in [0.15, 0.2) is 30.5 Å². The Kier molecular flexibility index (Phi) is 6.11. The fourth-order valence-corrected chi connectivity index (χ4v) is 2.09. The van der Waals surface area contributed by atoms with Crippen LogP contribution in [0.4, 0.5) is 5.69 Å². The van der Waals surface area contributed by atoms with Crippen molar-refractivity contribution in [3.05, 3.63) is 63.0 Å². The number of aromatic nitrogens is 1. The number of ether oxygens (including phenoxy) is 2. The number of nitrogens with zero attached hydrogens (tertiary/aromatic N) is 1. The van der Waals surface area contributed by atoms with Crippen LogP contribution in [0.1, 0.15) is 45.8 Å². The summed E-state index contributed by atoms with van der Waals surface area (Å²) in [6, 6.07) is 5.59. The minimum Gasteiger partial charge on any atom is -0.462 e. The summed E-state index contributed by atoms with van der Waals surface area (Å²) < 4.78 is 9.91. The summed E-state index contributed by atoms with van der Waals surface area (Å²) in [5, 5.41) is 10.7. The van der Waals surface area contributed by atoms with Crippen LogP contribution in [-0.4, -0.2) is 35.1 Å². The standard InChI is InChI=1S/C18H16N2O6/c1-3-25-17(21)15-11-19-16(18(22)26-4-2)14(15)10-7-12-5-8-13(9-6-12)20(23)24/h5-6,8-9,11,19H,3-4H2,1-2H3. The topological polar surface area (TPSA) is 112 Å². The summed E-state index contributed by atoms with van der Waals surface area (Å²) in [6.45, 7) is 3.67. The van der Waals surface area contributed by atoms with Crippen LogP contribution in [0.2, 0.25) is 0 Å². The van der Waals surface area contributed by atoms with E-state index in [0.717, 1.165) is 0 Å². The molecule has 0 amide bonds. The second-order valence-corrected chi connectivity index (χ2v) is 4.95. The molecule has 0 aliphatic heterocycles. The van der Waals surface area contributed by atoms with Crippen LogP contribution in [0.3, 0.4) is 0 Å². The van der Waals surface area contributed by atoms with Crippen molar-refractivity contribution >= 4 is 17.6 Å². The van der Waals surface area contributed by atoms with E-state index >= 15 is 0 Å². The summed E-state index contributed by atoms with van der Waals surface area (Å²) in [4.78, 5) is 37.0. The van der Waals surface area contributed by atoms with Gasteiger partial charge in [-0.1, -0.05) is 11.8 Å². The third-order valence-electron chi connectivity index (χ3n) is 3.27. The smallest absolute Gasteiger partial charge is 0.356 e. The average molecular weight is 356 g/mol. The van der Waals surface area contributed by atoms with Gasteiger partial charge in [-0.05, 0) is 26.0 Å². The second kappa shape index (κ2) is 8.48. The van der Waals surface area contributed by atoms with Crippen molar-refractivity contribution in [2.45, 2.75) is 13.8 Å². The van der Waals surface area contributed by atoms with Gasteiger partial charge in [0.2, 0.25) is 0 Å². The highest BCUT2D eigenvalue weighted by molar-refractivity contribution is 5.99. The normalized spacial score (nSPS) is 9.77. The van der Waals surface area contributed by atoms with E-state index in [0.29, 0.717) is 5.56 Å². The first-order valence-electron chi connectivity index (χ1n) is 7.80. The van der Waals surface area contributed by atoms with E-state index in [-0.39, 0.29) is 35.7 Å². The number of nitrogens with one attached hydrogen (secondary N) is 1. The maximum atomic E-state index is 12.1. The van der Waals surface area contributed by atoms with E-state index in [2.05, 4.69) is 16.8 Å². The molecule has 0 saturated heterocycles. The van der Waals surface area contributed by atoms with E-state index in [1.54, 1.807) is 13.8 Å². The Hall–Kier alpha value is -3.60. The maximum Gasteiger partial charge on any atom is 0.356 e. The molecular weight excluding hydrogens is 340 g/mol. The molecule has 2 rings (SSSR count). The Labute approximate surface area is 149 Å². The number of nitro groups is 1. The highest BCUT2D eigenvalue weighted by Crippen LogP contribution is 2.17. The molecule has 2 aromatic rings. The number of hydrogen-bond acceptors (Lipinski definition) is 6. The predicted octanol–water partition coefficient (Wildman–Crippen LogP) is 2.68. The number of carbonyl (C=O) groups is 2. The minimum atomic E-state index is -0.643. The first-order valence-corrected chi connectivity index (χ1v) is 7.80. The first-order chi connectivity index (χ1) is 12.5. The number of non-ortho nitro benzene ring substituents is 1. The maximum absolute atomic E-state index is 12.1. The molecule has 8 nitrogen and oxygen atoms in total. The Bertz CT molecular complexity index is 851. The van der Waals surface area contributed by atoms with Crippen LogP contribution in [0.5, 0.6) is 0 Å². The lowest BCUT2D eigenvalue weighted by Crippen LogP contribution is -2.09. The number of benzene rings is 1. The Morgan fingerprint density at radius 3 is 2.27 bits per heavy atom. The molecule has 1 aromatic heterocycles. The lowest BCUT2D eigenvalue weighted by molar-refractivity contribution is -0.384. The molecule has 0 radical (unpaired) electrons. The summed E-state index contributed by atoms with van der Waals surface area (Å²) in [6.07, 6.45) is 1.34. The molecule has 0 aliphatic rings. The number of esters is 2. The monoisotopic (exact) mass is 356 g/mol. The number of carbonyl (C=O) groups excluding carboxylic acids is 2. The zero-order chi connectivity index (χ0) is 19.1. The predicted molar refractivity (Wildman–Crippen MR) is 91.8 cm³/mol.